The van der Waals surface area contributed by atoms with Crippen molar-refractivity contribution >= 4 is 17.5 Å². The number of nitrogens with zero attached hydrogens (tertiary/aromatic N) is 2. The number of benzene rings is 2. The molecule has 3 aromatic rings. The first kappa shape index (κ1) is 17.5. The van der Waals surface area contributed by atoms with E-state index < -0.39 is 0 Å². The summed E-state index contributed by atoms with van der Waals surface area (Å²) in [6.45, 7) is 1.00. The minimum Gasteiger partial charge on any atom is -0.484 e. The summed E-state index contributed by atoms with van der Waals surface area (Å²) in [5.41, 5.74) is 3.55. The molecule has 4 rings (SSSR count). The summed E-state index contributed by atoms with van der Waals surface area (Å²) in [4.78, 5) is 14.3. The predicted molar refractivity (Wildman–Crippen MR) is 100 cm³/mol. The van der Waals surface area contributed by atoms with Crippen LogP contribution in [0, 0.1) is 5.82 Å². The second-order valence-electron chi connectivity index (χ2n) is 6.34. The lowest BCUT2D eigenvalue weighted by molar-refractivity contribution is -0.134. The van der Waals surface area contributed by atoms with Crippen LogP contribution in [0.3, 0.4) is 0 Å². The van der Waals surface area contributed by atoms with E-state index in [9.17, 15) is 9.18 Å². The minimum absolute atomic E-state index is 0.0410. The largest absolute Gasteiger partial charge is 0.484 e. The molecule has 0 fully saturated rings. The predicted octanol–water partition coefficient (Wildman–Crippen LogP) is 3.83. The zero-order valence-electron chi connectivity index (χ0n) is 14.4. The van der Waals surface area contributed by atoms with Gasteiger partial charge in [-0.2, -0.15) is 5.10 Å². The van der Waals surface area contributed by atoms with Crippen LogP contribution in [0.2, 0.25) is 5.02 Å². The van der Waals surface area contributed by atoms with Gasteiger partial charge in [0, 0.05) is 41.4 Å². The fourth-order valence-corrected chi connectivity index (χ4v) is 3.25. The number of ether oxygens (including phenoxy) is 1. The Balaban J connectivity index is 1.45. The van der Waals surface area contributed by atoms with Gasteiger partial charge in [-0.1, -0.05) is 11.6 Å². The molecule has 27 heavy (non-hydrogen) atoms. The van der Waals surface area contributed by atoms with Gasteiger partial charge in [-0.3, -0.25) is 9.89 Å². The third-order valence-corrected chi connectivity index (χ3v) is 4.83. The van der Waals surface area contributed by atoms with Gasteiger partial charge in [0.2, 0.25) is 0 Å². The van der Waals surface area contributed by atoms with Gasteiger partial charge in [0.15, 0.2) is 6.61 Å². The SMILES string of the molecule is O=C(COc1ccc(Cl)cc1)N1CCc2[nH]nc(-c3ccc(F)cc3)c2C1. The van der Waals surface area contributed by atoms with Gasteiger partial charge >= 0.3 is 0 Å². The fourth-order valence-electron chi connectivity index (χ4n) is 3.12. The van der Waals surface area contributed by atoms with Crippen LogP contribution in [-0.2, 0) is 17.8 Å². The number of amides is 1. The molecule has 1 N–H and O–H groups in total. The van der Waals surface area contributed by atoms with Crippen LogP contribution >= 0.6 is 11.6 Å². The van der Waals surface area contributed by atoms with E-state index in [1.807, 2.05) is 0 Å². The molecule has 1 amide bonds. The number of hydrogen-bond donors (Lipinski definition) is 1. The van der Waals surface area contributed by atoms with Crippen LogP contribution in [0.15, 0.2) is 48.5 Å². The van der Waals surface area contributed by atoms with Gasteiger partial charge in [0.05, 0.1) is 5.69 Å². The second-order valence-corrected chi connectivity index (χ2v) is 6.78. The molecule has 0 unspecified atom stereocenters. The van der Waals surface area contributed by atoms with Crippen molar-refractivity contribution in [2.24, 2.45) is 0 Å². The summed E-state index contributed by atoms with van der Waals surface area (Å²) in [7, 11) is 0. The monoisotopic (exact) mass is 385 g/mol. The highest BCUT2D eigenvalue weighted by Crippen LogP contribution is 2.28. The first-order valence-electron chi connectivity index (χ1n) is 8.58. The molecule has 0 saturated carbocycles. The molecule has 0 aliphatic carbocycles. The van der Waals surface area contributed by atoms with Crippen LogP contribution in [0.5, 0.6) is 5.75 Å². The summed E-state index contributed by atoms with van der Waals surface area (Å²) >= 11 is 5.85. The van der Waals surface area contributed by atoms with Crippen molar-refractivity contribution in [1.29, 1.82) is 0 Å². The van der Waals surface area contributed by atoms with Crippen molar-refractivity contribution in [1.82, 2.24) is 15.1 Å². The molecule has 1 aromatic heterocycles. The smallest absolute Gasteiger partial charge is 0.260 e. The zero-order chi connectivity index (χ0) is 18.8. The molecule has 0 bridgehead atoms. The number of nitrogens with one attached hydrogen (secondary N) is 1. The minimum atomic E-state index is -0.292. The fraction of sp³-hybridized carbons (Fsp3) is 0.200. The number of carbonyl (C=O) groups is 1. The lowest BCUT2D eigenvalue weighted by Gasteiger charge is -2.27. The molecule has 1 aliphatic heterocycles. The van der Waals surface area contributed by atoms with Crippen molar-refractivity contribution in [3.05, 3.63) is 70.6 Å². The van der Waals surface area contributed by atoms with E-state index >= 15 is 0 Å². The van der Waals surface area contributed by atoms with Crippen LogP contribution in [0.25, 0.3) is 11.3 Å². The van der Waals surface area contributed by atoms with Crippen molar-refractivity contribution in [2.45, 2.75) is 13.0 Å². The first-order chi connectivity index (χ1) is 13.1. The summed E-state index contributed by atoms with van der Waals surface area (Å²) < 4.78 is 18.7. The maximum Gasteiger partial charge on any atom is 0.260 e. The Kier molecular flexibility index (Phi) is 4.81. The number of aromatic amines is 1. The van der Waals surface area contributed by atoms with Crippen LogP contribution in [-0.4, -0.2) is 34.2 Å². The van der Waals surface area contributed by atoms with E-state index in [1.54, 1.807) is 41.3 Å². The summed E-state index contributed by atoms with van der Waals surface area (Å²) in [5, 5.41) is 8.02. The lowest BCUT2D eigenvalue weighted by atomic mass is 10.0. The molecule has 5 nitrogen and oxygen atoms in total. The van der Waals surface area contributed by atoms with E-state index in [4.69, 9.17) is 16.3 Å². The highest BCUT2D eigenvalue weighted by Gasteiger charge is 2.26. The van der Waals surface area contributed by atoms with Gasteiger partial charge < -0.3 is 9.64 Å². The van der Waals surface area contributed by atoms with Crippen LogP contribution in [0.4, 0.5) is 4.39 Å². The Labute approximate surface area is 160 Å². The molecule has 1 aliphatic rings. The number of fused-ring (bicyclic) bond motifs is 1. The molecule has 138 valence electrons. The van der Waals surface area contributed by atoms with Gasteiger partial charge in [0.25, 0.3) is 5.91 Å². The molecule has 2 heterocycles. The molecule has 0 saturated heterocycles. The van der Waals surface area contributed by atoms with Crippen molar-refractivity contribution in [3.8, 4) is 17.0 Å². The van der Waals surface area contributed by atoms with Gasteiger partial charge in [0.1, 0.15) is 11.6 Å². The Hall–Kier alpha value is -2.86. The Morgan fingerprint density at radius 3 is 2.67 bits per heavy atom. The van der Waals surface area contributed by atoms with E-state index in [-0.39, 0.29) is 18.3 Å². The highest BCUT2D eigenvalue weighted by atomic mass is 35.5. The summed E-state index contributed by atoms with van der Waals surface area (Å²) in [6, 6.07) is 13.1. The number of aromatic nitrogens is 2. The van der Waals surface area contributed by atoms with E-state index in [0.717, 1.165) is 22.5 Å². The van der Waals surface area contributed by atoms with E-state index in [0.29, 0.717) is 30.3 Å². The van der Waals surface area contributed by atoms with E-state index in [2.05, 4.69) is 10.2 Å². The third kappa shape index (κ3) is 3.80. The summed E-state index contributed by atoms with van der Waals surface area (Å²) in [6.07, 6.45) is 0.691. The zero-order valence-corrected chi connectivity index (χ0v) is 15.2. The van der Waals surface area contributed by atoms with Crippen molar-refractivity contribution in [3.63, 3.8) is 0 Å². The number of rotatable bonds is 4. The van der Waals surface area contributed by atoms with Crippen LogP contribution < -0.4 is 4.74 Å². The average Bonchev–Trinajstić information content (AvgIpc) is 3.11. The first-order valence-corrected chi connectivity index (χ1v) is 8.96. The third-order valence-electron chi connectivity index (χ3n) is 4.58. The molecule has 0 atom stereocenters. The maximum atomic E-state index is 13.2. The average molecular weight is 386 g/mol. The van der Waals surface area contributed by atoms with E-state index in [1.165, 1.54) is 12.1 Å². The number of halogens is 2. The lowest BCUT2D eigenvalue weighted by Crippen LogP contribution is -2.38. The Morgan fingerprint density at radius 2 is 1.93 bits per heavy atom. The Bertz CT molecular complexity index is 954. The van der Waals surface area contributed by atoms with Crippen molar-refractivity contribution < 1.29 is 13.9 Å². The molecular formula is C20H17ClFN3O2. The molecule has 7 heteroatoms. The number of H-pyrrole nitrogens is 1. The standard InChI is InChI=1S/C20H17ClFN3O2/c21-14-3-7-16(8-4-14)27-12-19(26)25-10-9-18-17(11-25)20(24-23-18)13-1-5-15(22)6-2-13/h1-8H,9-12H2,(H,23,24). The van der Waals surface area contributed by atoms with Gasteiger partial charge in [-0.25, -0.2) is 4.39 Å². The van der Waals surface area contributed by atoms with Crippen LogP contribution in [0.1, 0.15) is 11.3 Å². The Morgan fingerprint density at radius 1 is 1.19 bits per heavy atom. The van der Waals surface area contributed by atoms with Crippen molar-refractivity contribution in [2.75, 3.05) is 13.2 Å². The second kappa shape index (κ2) is 7.40. The topological polar surface area (TPSA) is 58.2 Å². The molecule has 0 radical (unpaired) electrons. The van der Waals surface area contributed by atoms with Gasteiger partial charge in [-0.05, 0) is 48.5 Å². The number of hydrogen-bond acceptors (Lipinski definition) is 3. The van der Waals surface area contributed by atoms with Gasteiger partial charge in [-0.15, -0.1) is 0 Å². The molecule has 2 aromatic carbocycles. The molecule has 0 spiro atoms. The maximum absolute atomic E-state index is 13.2. The highest BCUT2D eigenvalue weighted by molar-refractivity contribution is 6.30. The quantitative estimate of drug-likeness (QED) is 0.742. The normalized spacial score (nSPS) is 13.3. The number of carbonyl (C=O) groups excluding carboxylic acids is 1. The molecular weight excluding hydrogens is 369 g/mol. The summed E-state index contributed by atoms with van der Waals surface area (Å²) in [5.74, 6) is 0.210.